The van der Waals surface area contributed by atoms with E-state index < -0.39 is 0 Å². The molecule has 4 saturated carbocycles. The number of likely N-dealkylation sites (tertiary alicyclic amines) is 1. The lowest BCUT2D eigenvalue weighted by molar-refractivity contribution is -0.171. The van der Waals surface area contributed by atoms with Crippen LogP contribution in [0.15, 0.2) is 0 Å². The Hall–Kier alpha value is -0.570. The topological polar surface area (TPSA) is 32.3 Å². The third-order valence-corrected chi connectivity index (χ3v) is 7.16. The largest absolute Gasteiger partial charge is 0.353 e. The van der Waals surface area contributed by atoms with Gasteiger partial charge in [-0.1, -0.05) is 13.8 Å². The Morgan fingerprint density at radius 3 is 2.14 bits per heavy atom. The van der Waals surface area contributed by atoms with E-state index in [1.807, 2.05) is 0 Å². The van der Waals surface area contributed by atoms with Crippen molar-refractivity contribution >= 4 is 5.91 Å². The van der Waals surface area contributed by atoms with Crippen molar-refractivity contribution in [3.05, 3.63) is 0 Å². The van der Waals surface area contributed by atoms with Crippen LogP contribution in [0.1, 0.15) is 65.2 Å². The van der Waals surface area contributed by atoms with Crippen LogP contribution < -0.4 is 5.32 Å². The van der Waals surface area contributed by atoms with Crippen LogP contribution in [0.2, 0.25) is 0 Å². The van der Waals surface area contributed by atoms with Gasteiger partial charge in [0, 0.05) is 6.04 Å². The summed E-state index contributed by atoms with van der Waals surface area (Å²) in [7, 11) is 2.18. The van der Waals surface area contributed by atoms with Gasteiger partial charge in [-0.3, -0.25) is 4.79 Å². The number of amides is 1. The first-order chi connectivity index (χ1) is 10.3. The second-order valence-electron chi connectivity index (χ2n) is 9.96. The fourth-order valence-corrected chi connectivity index (χ4v) is 7.19. The van der Waals surface area contributed by atoms with E-state index in [4.69, 9.17) is 0 Å². The standard InChI is InChI=1S/C19H32N2O/c1-17-8-14-9-18(2,11-17)13-19(10-14,12-17)16(22)20-15-4-6-21(3)7-5-15/h14-15H,4-13H2,1-3H3,(H,20,22)/t14?,17-,18+,19?. The van der Waals surface area contributed by atoms with E-state index in [2.05, 4.69) is 31.1 Å². The van der Waals surface area contributed by atoms with Crippen LogP contribution >= 0.6 is 0 Å². The van der Waals surface area contributed by atoms with Gasteiger partial charge in [0.2, 0.25) is 5.91 Å². The summed E-state index contributed by atoms with van der Waals surface area (Å²) in [4.78, 5) is 15.6. The summed E-state index contributed by atoms with van der Waals surface area (Å²) in [6.07, 6.45) is 9.77. The SMILES string of the molecule is CN1CCC(NC(=O)C23CC4C[C@@](C)(C2)C[C@](C)(C4)C3)CC1. The molecule has 1 aliphatic heterocycles. The van der Waals surface area contributed by atoms with Gasteiger partial charge in [0.05, 0.1) is 5.41 Å². The molecule has 0 spiro atoms. The number of carbonyl (C=O) groups is 1. The molecule has 1 heterocycles. The van der Waals surface area contributed by atoms with Crippen LogP contribution in [-0.2, 0) is 4.79 Å². The average molecular weight is 304 g/mol. The van der Waals surface area contributed by atoms with Crippen molar-refractivity contribution in [2.75, 3.05) is 20.1 Å². The Morgan fingerprint density at radius 2 is 1.59 bits per heavy atom. The van der Waals surface area contributed by atoms with Gasteiger partial charge in [-0.2, -0.15) is 0 Å². The van der Waals surface area contributed by atoms with Crippen molar-refractivity contribution in [3.8, 4) is 0 Å². The molecule has 0 aromatic rings. The number of hydrogen-bond donors (Lipinski definition) is 1. The Bertz CT molecular complexity index is 462. The fraction of sp³-hybridized carbons (Fsp3) is 0.947. The Balaban J connectivity index is 1.50. The Labute approximate surface area is 135 Å². The molecular formula is C19H32N2O. The second kappa shape index (κ2) is 4.72. The lowest BCUT2D eigenvalue weighted by Crippen LogP contribution is -2.61. The molecule has 22 heavy (non-hydrogen) atoms. The van der Waals surface area contributed by atoms with Gasteiger partial charge in [0.25, 0.3) is 0 Å². The molecule has 5 rings (SSSR count). The van der Waals surface area contributed by atoms with Crippen molar-refractivity contribution in [3.63, 3.8) is 0 Å². The first-order valence-electron chi connectivity index (χ1n) is 9.30. The van der Waals surface area contributed by atoms with Crippen LogP contribution in [0.25, 0.3) is 0 Å². The van der Waals surface area contributed by atoms with E-state index in [0.717, 1.165) is 51.1 Å². The molecular weight excluding hydrogens is 272 g/mol. The van der Waals surface area contributed by atoms with E-state index >= 15 is 0 Å². The molecule has 3 heteroatoms. The van der Waals surface area contributed by atoms with Crippen LogP contribution in [0, 0.1) is 22.2 Å². The summed E-state index contributed by atoms with van der Waals surface area (Å²) in [6, 6.07) is 0.414. The van der Waals surface area contributed by atoms with Gasteiger partial charge in [-0.25, -0.2) is 0 Å². The minimum atomic E-state index is -0.0355. The maximum absolute atomic E-state index is 13.2. The lowest BCUT2D eigenvalue weighted by atomic mass is 9.40. The fourth-order valence-electron chi connectivity index (χ4n) is 7.19. The summed E-state index contributed by atoms with van der Waals surface area (Å²) in [5.74, 6) is 1.21. The minimum Gasteiger partial charge on any atom is -0.353 e. The molecule has 124 valence electrons. The van der Waals surface area contributed by atoms with E-state index in [0.29, 0.717) is 22.8 Å². The van der Waals surface area contributed by atoms with Crippen molar-refractivity contribution < 1.29 is 4.79 Å². The highest BCUT2D eigenvalue weighted by Crippen LogP contribution is 2.69. The molecule has 2 unspecified atom stereocenters. The summed E-state index contributed by atoms with van der Waals surface area (Å²) in [5, 5.41) is 3.47. The van der Waals surface area contributed by atoms with Crippen molar-refractivity contribution in [2.45, 2.75) is 71.3 Å². The first kappa shape index (κ1) is 15.0. The Kier molecular flexibility index (Phi) is 3.21. The van der Waals surface area contributed by atoms with Gasteiger partial charge in [-0.05, 0) is 88.3 Å². The maximum Gasteiger partial charge on any atom is 0.226 e. The van der Waals surface area contributed by atoms with Gasteiger partial charge < -0.3 is 10.2 Å². The predicted molar refractivity (Wildman–Crippen MR) is 88.5 cm³/mol. The molecule has 4 atom stereocenters. The molecule has 0 aromatic carbocycles. The van der Waals surface area contributed by atoms with Gasteiger partial charge in [0.1, 0.15) is 0 Å². The lowest BCUT2D eigenvalue weighted by Gasteiger charge is -2.64. The third kappa shape index (κ3) is 2.40. The number of piperidine rings is 1. The molecule has 0 radical (unpaired) electrons. The molecule has 4 bridgehead atoms. The molecule has 1 saturated heterocycles. The number of hydrogen-bond acceptors (Lipinski definition) is 2. The van der Waals surface area contributed by atoms with E-state index in [1.165, 1.54) is 19.3 Å². The zero-order valence-corrected chi connectivity index (χ0v) is 14.6. The molecule has 5 aliphatic rings. The zero-order chi connectivity index (χ0) is 15.6. The third-order valence-electron chi connectivity index (χ3n) is 7.16. The van der Waals surface area contributed by atoms with Gasteiger partial charge >= 0.3 is 0 Å². The first-order valence-corrected chi connectivity index (χ1v) is 9.30. The predicted octanol–water partition coefficient (Wildman–Crippen LogP) is 3.19. The maximum atomic E-state index is 13.2. The number of nitrogens with one attached hydrogen (secondary N) is 1. The van der Waals surface area contributed by atoms with Crippen LogP contribution in [0.4, 0.5) is 0 Å². The van der Waals surface area contributed by atoms with Gasteiger partial charge in [-0.15, -0.1) is 0 Å². The highest BCUT2D eigenvalue weighted by molar-refractivity contribution is 5.83. The number of rotatable bonds is 2. The number of nitrogens with zero attached hydrogens (tertiary/aromatic N) is 1. The number of carbonyl (C=O) groups excluding carboxylic acids is 1. The van der Waals surface area contributed by atoms with Crippen LogP contribution in [-0.4, -0.2) is 37.0 Å². The zero-order valence-electron chi connectivity index (χ0n) is 14.6. The molecule has 4 aliphatic carbocycles. The summed E-state index contributed by atoms with van der Waals surface area (Å²) < 4.78 is 0. The monoisotopic (exact) mass is 304 g/mol. The van der Waals surface area contributed by atoms with Crippen LogP contribution in [0.3, 0.4) is 0 Å². The molecule has 3 nitrogen and oxygen atoms in total. The summed E-state index contributed by atoms with van der Waals surface area (Å²) >= 11 is 0. The smallest absolute Gasteiger partial charge is 0.226 e. The second-order valence-corrected chi connectivity index (χ2v) is 9.96. The highest BCUT2D eigenvalue weighted by Gasteiger charge is 2.62. The quantitative estimate of drug-likeness (QED) is 0.850. The summed E-state index contributed by atoms with van der Waals surface area (Å²) in [6.45, 7) is 7.15. The van der Waals surface area contributed by atoms with Crippen molar-refractivity contribution in [2.24, 2.45) is 22.2 Å². The van der Waals surface area contributed by atoms with Crippen molar-refractivity contribution in [1.29, 1.82) is 0 Å². The van der Waals surface area contributed by atoms with Crippen molar-refractivity contribution in [1.82, 2.24) is 10.2 Å². The van der Waals surface area contributed by atoms with E-state index in [-0.39, 0.29) is 5.41 Å². The molecule has 1 N–H and O–H groups in total. The summed E-state index contributed by atoms with van der Waals surface area (Å²) in [5.41, 5.74) is 0.822. The minimum absolute atomic E-state index is 0.0355. The van der Waals surface area contributed by atoms with E-state index in [9.17, 15) is 4.79 Å². The average Bonchev–Trinajstić information content (AvgIpc) is 2.37. The Morgan fingerprint density at radius 1 is 1.00 bits per heavy atom. The van der Waals surface area contributed by atoms with Crippen LogP contribution in [0.5, 0.6) is 0 Å². The highest BCUT2D eigenvalue weighted by atomic mass is 16.2. The molecule has 1 amide bonds. The molecule has 0 aromatic heterocycles. The normalized spacial score (nSPS) is 48.6. The van der Waals surface area contributed by atoms with E-state index in [1.54, 1.807) is 0 Å². The van der Waals surface area contributed by atoms with Gasteiger partial charge in [0.15, 0.2) is 0 Å². The molecule has 5 fully saturated rings.